The molecule has 0 bridgehead atoms. The van der Waals surface area contributed by atoms with Gasteiger partial charge in [-0.2, -0.15) is 0 Å². The molecule has 0 saturated heterocycles. The van der Waals surface area contributed by atoms with Crippen LogP contribution in [0.4, 0.5) is 0 Å². The van der Waals surface area contributed by atoms with Gasteiger partial charge in [0.05, 0.1) is 6.61 Å². The van der Waals surface area contributed by atoms with E-state index < -0.39 is 6.10 Å². The van der Waals surface area contributed by atoms with Crippen molar-refractivity contribution in [3.63, 3.8) is 0 Å². The number of esters is 2. The minimum Gasteiger partial charge on any atom is -0.462 e. The molecule has 5 nitrogen and oxygen atoms in total. The standard InChI is InChI=1S/C61H106O5/c1-4-7-10-13-16-19-22-25-28-30-31-33-34-36-39-42-45-48-51-54-60(62)65-58-59(57-64-56-53-50-47-44-41-38-27-24-21-18-15-12-9-6-3)66-61(63)55-52-49-46-43-40-37-35-32-29-26-23-20-17-14-11-8-5-2/h8-9,11-12,17-18,20-21,26-27,29,38,44,47,59H,4-7,10,13-16,19,22-25,28,30-37,39-43,45-46,48-58H2,1-3H3/b11-8-,12-9-,20-17-,21-18-,29-26-,38-27-,47-44-. The molecule has 1 atom stereocenters. The Labute approximate surface area is 409 Å². The highest BCUT2D eigenvalue weighted by atomic mass is 16.6. The van der Waals surface area contributed by atoms with Crippen LogP contribution in [0.5, 0.6) is 0 Å². The van der Waals surface area contributed by atoms with Crippen molar-refractivity contribution in [3.8, 4) is 0 Å². The largest absolute Gasteiger partial charge is 0.462 e. The lowest BCUT2D eigenvalue weighted by molar-refractivity contribution is -0.163. The van der Waals surface area contributed by atoms with Gasteiger partial charge in [0, 0.05) is 19.4 Å². The van der Waals surface area contributed by atoms with Crippen LogP contribution in [0.15, 0.2) is 85.1 Å². The van der Waals surface area contributed by atoms with Crippen LogP contribution in [0.1, 0.15) is 265 Å². The summed E-state index contributed by atoms with van der Waals surface area (Å²) in [6, 6.07) is 0. The van der Waals surface area contributed by atoms with Crippen LogP contribution in [0.25, 0.3) is 0 Å². The van der Waals surface area contributed by atoms with Crippen molar-refractivity contribution < 1.29 is 23.8 Å². The lowest BCUT2D eigenvalue weighted by atomic mass is 10.0. The van der Waals surface area contributed by atoms with E-state index in [9.17, 15) is 9.59 Å². The van der Waals surface area contributed by atoms with Crippen molar-refractivity contribution in [2.75, 3.05) is 19.8 Å². The SMILES string of the molecule is CC/C=C\C/C=C\C/C=C\C/C=C\CCCOCC(COC(=O)CCCCCCCCCCCCCCCCCCCCC)OC(=O)CCCCCCCCC/C=C\C/C=C\C/C=C\CC. The second-order valence-corrected chi connectivity index (χ2v) is 18.4. The quantitative estimate of drug-likeness (QED) is 0.0346. The zero-order valence-electron chi connectivity index (χ0n) is 43.7. The van der Waals surface area contributed by atoms with E-state index in [1.54, 1.807) is 0 Å². The van der Waals surface area contributed by atoms with E-state index >= 15 is 0 Å². The molecule has 5 heteroatoms. The first-order chi connectivity index (χ1) is 32.6. The average Bonchev–Trinajstić information content (AvgIpc) is 3.32. The van der Waals surface area contributed by atoms with Gasteiger partial charge in [0.25, 0.3) is 0 Å². The molecule has 66 heavy (non-hydrogen) atoms. The zero-order valence-corrected chi connectivity index (χ0v) is 43.7. The van der Waals surface area contributed by atoms with E-state index in [4.69, 9.17) is 14.2 Å². The highest BCUT2D eigenvalue weighted by Crippen LogP contribution is 2.16. The van der Waals surface area contributed by atoms with Crippen LogP contribution in [-0.2, 0) is 23.8 Å². The monoisotopic (exact) mass is 919 g/mol. The van der Waals surface area contributed by atoms with Gasteiger partial charge in [0.15, 0.2) is 6.10 Å². The fourth-order valence-corrected chi connectivity index (χ4v) is 7.82. The molecule has 380 valence electrons. The van der Waals surface area contributed by atoms with Crippen LogP contribution in [0, 0.1) is 0 Å². The van der Waals surface area contributed by atoms with E-state index in [-0.39, 0.29) is 25.2 Å². The summed E-state index contributed by atoms with van der Waals surface area (Å²) in [4.78, 5) is 25.5. The van der Waals surface area contributed by atoms with Gasteiger partial charge in [-0.05, 0) is 83.5 Å². The highest BCUT2D eigenvalue weighted by molar-refractivity contribution is 5.70. The van der Waals surface area contributed by atoms with Gasteiger partial charge < -0.3 is 14.2 Å². The third-order valence-electron chi connectivity index (χ3n) is 11.9. The molecule has 1 unspecified atom stereocenters. The van der Waals surface area contributed by atoms with Crippen molar-refractivity contribution in [1.82, 2.24) is 0 Å². The maximum Gasteiger partial charge on any atom is 0.306 e. The second-order valence-electron chi connectivity index (χ2n) is 18.4. The van der Waals surface area contributed by atoms with E-state index in [2.05, 4.69) is 106 Å². The first-order valence-corrected chi connectivity index (χ1v) is 28.1. The summed E-state index contributed by atoms with van der Waals surface area (Å²) in [6.45, 7) is 7.49. The number of hydrogen-bond acceptors (Lipinski definition) is 5. The van der Waals surface area contributed by atoms with Gasteiger partial charge in [-0.25, -0.2) is 0 Å². The molecule has 0 spiro atoms. The van der Waals surface area contributed by atoms with E-state index in [0.29, 0.717) is 19.4 Å². The third kappa shape index (κ3) is 53.7. The van der Waals surface area contributed by atoms with Gasteiger partial charge in [0.1, 0.15) is 6.61 Å². The minimum atomic E-state index is -0.572. The normalized spacial score (nSPS) is 12.8. The smallest absolute Gasteiger partial charge is 0.306 e. The molecule has 0 aromatic heterocycles. The van der Waals surface area contributed by atoms with Crippen molar-refractivity contribution in [2.24, 2.45) is 0 Å². The Morgan fingerprint density at radius 2 is 0.682 bits per heavy atom. The second kappa shape index (κ2) is 56.4. The average molecular weight is 920 g/mol. The number of rotatable bonds is 51. The molecule has 0 aromatic carbocycles. The van der Waals surface area contributed by atoms with Crippen LogP contribution in [-0.4, -0.2) is 37.9 Å². The fraction of sp³-hybridized carbons (Fsp3) is 0.738. The Bertz CT molecular complexity index is 1220. The first kappa shape index (κ1) is 63.1. The Hall–Kier alpha value is -2.92. The van der Waals surface area contributed by atoms with Gasteiger partial charge in [-0.3, -0.25) is 9.59 Å². The van der Waals surface area contributed by atoms with Gasteiger partial charge in [0.2, 0.25) is 0 Å². The number of ether oxygens (including phenoxy) is 3. The number of hydrogen-bond donors (Lipinski definition) is 0. The molecule has 0 saturated carbocycles. The van der Waals surface area contributed by atoms with Crippen LogP contribution >= 0.6 is 0 Å². The minimum absolute atomic E-state index is 0.0586. The Morgan fingerprint density at radius 1 is 0.348 bits per heavy atom. The van der Waals surface area contributed by atoms with Crippen molar-refractivity contribution in [2.45, 2.75) is 271 Å². The number of unbranched alkanes of at least 4 members (excludes halogenated alkanes) is 26. The molecular weight excluding hydrogens is 813 g/mol. The molecule has 0 N–H and O–H groups in total. The van der Waals surface area contributed by atoms with Crippen molar-refractivity contribution >= 4 is 11.9 Å². The molecule has 0 fully saturated rings. The van der Waals surface area contributed by atoms with E-state index in [0.717, 1.165) is 96.3 Å². The Morgan fingerprint density at radius 3 is 1.09 bits per heavy atom. The molecule has 0 aliphatic heterocycles. The molecule has 0 aromatic rings. The number of carbonyl (C=O) groups is 2. The zero-order chi connectivity index (χ0) is 47.7. The Balaban J connectivity index is 4.31. The topological polar surface area (TPSA) is 61.8 Å². The van der Waals surface area contributed by atoms with Crippen molar-refractivity contribution in [3.05, 3.63) is 85.1 Å². The summed E-state index contributed by atoms with van der Waals surface area (Å²) in [5, 5.41) is 0. The molecular formula is C61H106O5. The predicted octanol–water partition coefficient (Wildman–Crippen LogP) is 19.2. The van der Waals surface area contributed by atoms with Crippen LogP contribution in [0.2, 0.25) is 0 Å². The molecule has 0 heterocycles. The third-order valence-corrected chi connectivity index (χ3v) is 11.9. The maximum atomic E-state index is 12.8. The summed E-state index contributed by atoms with van der Waals surface area (Å²) >= 11 is 0. The predicted molar refractivity (Wildman–Crippen MR) is 288 cm³/mol. The van der Waals surface area contributed by atoms with Gasteiger partial charge in [-0.1, -0.05) is 254 Å². The molecule has 0 amide bonds. The maximum absolute atomic E-state index is 12.8. The molecule has 0 rings (SSSR count). The highest BCUT2D eigenvalue weighted by Gasteiger charge is 2.17. The lowest BCUT2D eigenvalue weighted by Crippen LogP contribution is -2.30. The summed E-state index contributed by atoms with van der Waals surface area (Å²) < 4.78 is 17.4. The summed E-state index contributed by atoms with van der Waals surface area (Å²) in [6.07, 6.45) is 74.7. The summed E-state index contributed by atoms with van der Waals surface area (Å²) in [5.74, 6) is -0.432. The van der Waals surface area contributed by atoms with Crippen molar-refractivity contribution in [1.29, 1.82) is 0 Å². The van der Waals surface area contributed by atoms with Crippen LogP contribution < -0.4 is 0 Å². The Kier molecular flexibility index (Phi) is 53.9. The summed E-state index contributed by atoms with van der Waals surface area (Å²) in [5.41, 5.74) is 0. The van der Waals surface area contributed by atoms with Crippen LogP contribution in [0.3, 0.4) is 0 Å². The van der Waals surface area contributed by atoms with E-state index in [1.807, 2.05) is 0 Å². The van der Waals surface area contributed by atoms with E-state index in [1.165, 1.54) is 135 Å². The molecule has 0 radical (unpaired) electrons. The lowest BCUT2D eigenvalue weighted by Gasteiger charge is -2.18. The fourth-order valence-electron chi connectivity index (χ4n) is 7.82. The first-order valence-electron chi connectivity index (χ1n) is 28.1. The number of carbonyl (C=O) groups excluding carboxylic acids is 2. The molecule has 0 aliphatic carbocycles. The van der Waals surface area contributed by atoms with Gasteiger partial charge in [-0.15, -0.1) is 0 Å². The number of allylic oxidation sites excluding steroid dienone is 14. The summed E-state index contributed by atoms with van der Waals surface area (Å²) in [7, 11) is 0. The van der Waals surface area contributed by atoms with Gasteiger partial charge >= 0.3 is 11.9 Å². The molecule has 0 aliphatic rings.